The zero-order valence-electron chi connectivity index (χ0n) is 12.0. The molecule has 21 heavy (non-hydrogen) atoms. The van der Waals surface area contributed by atoms with Crippen LogP contribution in [-0.4, -0.2) is 19.0 Å². The Labute approximate surface area is 125 Å². The fraction of sp³-hybridized carbons (Fsp3) is 0.278. The van der Waals surface area contributed by atoms with Gasteiger partial charge in [-0.05, 0) is 36.1 Å². The molecule has 1 amide bonds. The lowest BCUT2D eigenvalue weighted by Gasteiger charge is -2.24. The summed E-state index contributed by atoms with van der Waals surface area (Å²) < 4.78 is 0. The smallest absolute Gasteiger partial charge is 0.225 e. The van der Waals surface area contributed by atoms with Crippen molar-refractivity contribution in [2.75, 3.05) is 13.1 Å². The Hall–Kier alpha value is -2.13. The highest BCUT2D eigenvalue weighted by molar-refractivity contribution is 5.82. The summed E-state index contributed by atoms with van der Waals surface area (Å²) in [6, 6.07) is 18.7. The van der Waals surface area contributed by atoms with Crippen molar-refractivity contribution in [2.45, 2.75) is 12.8 Å². The minimum absolute atomic E-state index is 0.195. The number of hydrogen-bond donors (Lipinski definition) is 2. The van der Waals surface area contributed by atoms with Gasteiger partial charge in [-0.15, -0.1) is 0 Å². The molecule has 3 heteroatoms. The van der Waals surface area contributed by atoms with E-state index in [2.05, 4.69) is 41.7 Å². The monoisotopic (exact) mass is 280 g/mol. The molecule has 2 aromatic carbocycles. The fourth-order valence-electron chi connectivity index (χ4n) is 3.03. The topological polar surface area (TPSA) is 55.1 Å². The zero-order chi connectivity index (χ0) is 14.7. The van der Waals surface area contributed by atoms with Crippen LogP contribution in [0.15, 0.2) is 54.6 Å². The number of rotatable bonds is 4. The van der Waals surface area contributed by atoms with Gasteiger partial charge >= 0.3 is 0 Å². The molecule has 1 atom stereocenters. The Kier molecular flexibility index (Phi) is 3.76. The molecule has 1 aliphatic heterocycles. The van der Waals surface area contributed by atoms with Crippen molar-refractivity contribution in [1.82, 2.24) is 5.32 Å². The lowest BCUT2D eigenvalue weighted by molar-refractivity contribution is -0.126. The van der Waals surface area contributed by atoms with Crippen molar-refractivity contribution in [2.24, 2.45) is 11.1 Å². The third kappa shape index (κ3) is 2.83. The van der Waals surface area contributed by atoms with E-state index in [1.807, 2.05) is 18.2 Å². The van der Waals surface area contributed by atoms with Crippen molar-refractivity contribution in [3.63, 3.8) is 0 Å². The number of hydrogen-bond acceptors (Lipinski definition) is 2. The van der Waals surface area contributed by atoms with Crippen LogP contribution in [0.25, 0.3) is 11.1 Å². The number of nitrogens with two attached hydrogens (primary N) is 1. The second kappa shape index (κ2) is 5.70. The summed E-state index contributed by atoms with van der Waals surface area (Å²) in [5, 5.41) is 3.25. The second-order valence-corrected chi connectivity index (χ2v) is 5.81. The van der Waals surface area contributed by atoms with Gasteiger partial charge < -0.3 is 11.1 Å². The average molecular weight is 280 g/mol. The predicted molar refractivity (Wildman–Crippen MR) is 84.7 cm³/mol. The first-order chi connectivity index (χ1) is 10.2. The third-order valence-electron chi connectivity index (χ3n) is 4.37. The lowest BCUT2D eigenvalue weighted by atomic mass is 9.80. The zero-order valence-corrected chi connectivity index (χ0v) is 12.0. The molecule has 3 N–H and O–H groups in total. The van der Waals surface area contributed by atoms with E-state index in [9.17, 15) is 4.79 Å². The maximum atomic E-state index is 11.8. The Morgan fingerprint density at radius 2 is 1.71 bits per heavy atom. The van der Waals surface area contributed by atoms with Gasteiger partial charge in [-0.25, -0.2) is 0 Å². The quantitative estimate of drug-likeness (QED) is 0.903. The van der Waals surface area contributed by atoms with Gasteiger partial charge in [-0.2, -0.15) is 0 Å². The summed E-state index contributed by atoms with van der Waals surface area (Å²) in [6.45, 7) is 1.55. The maximum Gasteiger partial charge on any atom is 0.225 e. The standard InChI is InChI=1S/C18H20N2O/c19-17(21)18(10-11-20-13-18)12-14-6-8-16(9-7-14)15-4-2-1-3-5-15/h1-9,20H,10-13H2,(H2,19,21). The van der Waals surface area contributed by atoms with Crippen molar-refractivity contribution >= 4 is 5.91 Å². The molecule has 1 heterocycles. The van der Waals surface area contributed by atoms with E-state index in [-0.39, 0.29) is 5.91 Å². The van der Waals surface area contributed by atoms with Crippen LogP contribution in [0.3, 0.4) is 0 Å². The summed E-state index contributed by atoms with van der Waals surface area (Å²) >= 11 is 0. The minimum Gasteiger partial charge on any atom is -0.369 e. The van der Waals surface area contributed by atoms with Gasteiger partial charge in [0.15, 0.2) is 0 Å². The number of nitrogens with one attached hydrogen (secondary N) is 1. The number of primary amides is 1. The highest BCUT2D eigenvalue weighted by atomic mass is 16.1. The van der Waals surface area contributed by atoms with Crippen LogP contribution in [0.5, 0.6) is 0 Å². The molecule has 0 aromatic heterocycles. The van der Waals surface area contributed by atoms with Crippen LogP contribution in [0.2, 0.25) is 0 Å². The molecule has 1 aliphatic rings. The van der Waals surface area contributed by atoms with Crippen molar-refractivity contribution < 1.29 is 4.79 Å². The van der Waals surface area contributed by atoms with Crippen LogP contribution in [0.4, 0.5) is 0 Å². The largest absolute Gasteiger partial charge is 0.369 e. The molecule has 0 spiro atoms. The van der Waals surface area contributed by atoms with Crippen LogP contribution >= 0.6 is 0 Å². The van der Waals surface area contributed by atoms with Crippen LogP contribution < -0.4 is 11.1 Å². The second-order valence-electron chi connectivity index (χ2n) is 5.81. The number of carbonyl (C=O) groups is 1. The first-order valence-corrected chi connectivity index (χ1v) is 7.35. The summed E-state index contributed by atoms with van der Waals surface area (Å²) in [5.41, 5.74) is 8.76. The van der Waals surface area contributed by atoms with Crippen molar-refractivity contribution in [3.8, 4) is 11.1 Å². The van der Waals surface area contributed by atoms with Crippen LogP contribution in [0, 0.1) is 5.41 Å². The van der Waals surface area contributed by atoms with E-state index in [0.717, 1.165) is 18.5 Å². The normalized spacial score (nSPS) is 21.3. The predicted octanol–water partition coefficient (Wildman–Crippen LogP) is 2.36. The molecule has 1 unspecified atom stereocenters. The van der Waals surface area contributed by atoms with E-state index in [1.165, 1.54) is 11.1 Å². The third-order valence-corrected chi connectivity index (χ3v) is 4.37. The molecule has 2 aromatic rings. The van der Waals surface area contributed by atoms with Crippen molar-refractivity contribution in [1.29, 1.82) is 0 Å². The average Bonchev–Trinajstić information content (AvgIpc) is 2.99. The lowest BCUT2D eigenvalue weighted by Crippen LogP contribution is -2.40. The molecule has 0 radical (unpaired) electrons. The molecular formula is C18H20N2O. The minimum atomic E-state index is -0.422. The van der Waals surface area contributed by atoms with Gasteiger partial charge in [0, 0.05) is 6.54 Å². The molecule has 3 rings (SSSR count). The fourth-order valence-corrected chi connectivity index (χ4v) is 3.03. The summed E-state index contributed by atoms with van der Waals surface area (Å²) in [4.78, 5) is 11.8. The SMILES string of the molecule is NC(=O)C1(Cc2ccc(-c3ccccc3)cc2)CCNC1. The van der Waals surface area contributed by atoms with Gasteiger partial charge in [-0.3, -0.25) is 4.79 Å². The molecule has 3 nitrogen and oxygen atoms in total. The molecule has 0 aliphatic carbocycles. The highest BCUT2D eigenvalue weighted by Gasteiger charge is 2.39. The molecule has 1 fully saturated rings. The van der Waals surface area contributed by atoms with E-state index in [4.69, 9.17) is 5.73 Å². The number of benzene rings is 2. The number of carbonyl (C=O) groups excluding carboxylic acids is 1. The van der Waals surface area contributed by atoms with E-state index in [1.54, 1.807) is 0 Å². The van der Waals surface area contributed by atoms with Gasteiger partial charge in [0.25, 0.3) is 0 Å². The van der Waals surface area contributed by atoms with Gasteiger partial charge in [0.2, 0.25) is 5.91 Å². The summed E-state index contributed by atoms with van der Waals surface area (Å²) in [6.07, 6.45) is 1.53. The van der Waals surface area contributed by atoms with Crippen molar-refractivity contribution in [3.05, 3.63) is 60.2 Å². The molecule has 1 saturated heterocycles. The maximum absolute atomic E-state index is 11.8. The molecular weight excluding hydrogens is 260 g/mol. The Balaban J connectivity index is 1.80. The van der Waals surface area contributed by atoms with E-state index in [0.29, 0.717) is 13.0 Å². The van der Waals surface area contributed by atoms with E-state index < -0.39 is 5.41 Å². The summed E-state index contributed by atoms with van der Waals surface area (Å²) in [7, 11) is 0. The number of amides is 1. The van der Waals surface area contributed by atoms with Crippen LogP contribution in [0.1, 0.15) is 12.0 Å². The Morgan fingerprint density at radius 3 is 2.29 bits per heavy atom. The first kappa shape index (κ1) is 13.8. The molecule has 0 bridgehead atoms. The van der Waals surface area contributed by atoms with Gasteiger partial charge in [0.1, 0.15) is 0 Å². The first-order valence-electron chi connectivity index (χ1n) is 7.35. The van der Waals surface area contributed by atoms with E-state index >= 15 is 0 Å². The highest BCUT2D eigenvalue weighted by Crippen LogP contribution is 2.30. The van der Waals surface area contributed by atoms with Crippen LogP contribution in [-0.2, 0) is 11.2 Å². The van der Waals surface area contributed by atoms with Gasteiger partial charge in [0.05, 0.1) is 5.41 Å². The molecule has 108 valence electrons. The Morgan fingerprint density at radius 1 is 1.05 bits per heavy atom. The van der Waals surface area contributed by atoms with Gasteiger partial charge in [-0.1, -0.05) is 54.6 Å². The molecule has 0 saturated carbocycles. The Bertz CT molecular complexity index is 613. The summed E-state index contributed by atoms with van der Waals surface area (Å²) in [5.74, 6) is -0.195.